The molecule has 1 atom stereocenters. The molecule has 1 unspecified atom stereocenters. The molecule has 4 nitrogen and oxygen atoms in total. The molecule has 17 heavy (non-hydrogen) atoms. The number of aromatic nitrogens is 1. The van der Waals surface area contributed by atoms with Crippen molar-refractivity contribution in [2.75, 3.05) is 16.8 Å². The molecule has 90 valence electrons. The Hall–Kier alpha value is -1.36. The predicted molar refractivity (Wildman–Crippen MR) is 70.8 cm³/mol. The molecule has 1 aliphatic rings. The Morgan fingerprint density at radius 3 is 3.24 bits per heavy atom. The van der Waals surface area contributed by atoms with Crippen LogP contribution in [0.3, 0.4) is 0 Å². The van der Waals surface area contributed by atoms with Crippen LogP contribution in [0.1, 0.15) is 12.8 Å². The minimum atomic E-state index is -0.398. The second-order valence-electron chi connectivity index (χ2n) is 4.28. The van der Waals surface area contributed by atoms with Gasteiger partial charge in [0.2, 0.25) is 0 Å². The van der Waals surface area contributed by atoms with Crippen molar-refractivity contribution in [3.05, 3.63) is 28.7 Å². The van der Waals surface area contributed by atoms with Crippen molar-refractivity contribution in [1.82, 2.24) is 4.98 Å². The number of thioether (sulfide) groups is 1. The third-order valence-electron chi connectivity index (χ3n) is 2.95. The van der Waals surface area contributed by atoms with Gasteiger partial charge in [-0.25, -0.2) is 4.79 Å². The van der Waals surface area contributed by atoms with Crippen molar-refractivity contribution in [2.24, 2.45) is 0 Å². The molecule has 2 N–H and O–H groups in total. The molecule has 2 aromatic rings. The van der Waals surface area contributed by atoms with Crippen LogP contribution >= 0.6 is 11.8 Å². The Morgan fingerprint density at radius 1 is 1.47 bits per heavy atom. The molecular weight excluding hydrogens is 236 g/mol. The second kappa shape index (κ2) is 4.49. The van der Waals surface area contributed by atoms with Gasteiger partial charge in [0.25, 0.3) is 0 Å². The van der Waals surface area contributed by atoms with Crippen molar-refractivity contribution in [3.63, 3.8) is 0 Å². The van der Waals surface area contributed by atoms with Crippen LogP contribution < -0.4 is 11.1 Å². The maximum atomic E-state index is 11.0. The maximum absolute atomic E-state index is 11.0. The number of hydrogen-bond acceptors (Lipinski definition) is 4. The summed E-state index contributed by atoms with van der Waals surface area (Å²) < 4.78 is 4.97. The smallest absolute Gasteiger partial charge is 0.408 e. The van der Waals surface area contributed by atoms with E-state index >= 15 is 0 Å². The number of anilines is 1. The Kier molecular flexibility index (Phi) is 2.84. The molecule has 0 amide bonds. The number of H-pyrrole nitrogens is 1. The van der Waals surface area contributed by atoms with E-state index in [1.807, 2.05) is 30.0 Å². The molecule has 5 heteroatoms. The van der Waals surface area contributed by atoms with Crippen LogP contribution in [-0.4, -0.2) is 22.5 Å². The van der Waals surface area contributed by atoms with Gasteiger partial charge in [0.05, 0.1) is 5.52 Å². The lowest BCUT2D eigenvalue weighted by molar-refractivity contribution is 0.555. The highest BCUT2D eigenvalue weighted by molar-refractivity contribution is 7.99. The average Bonchev–Trinajstić information content (AvgIpc) is 2.70. The number of rotatable bonds is 2. The van der Waals surface area contributed by atoms with Crippen LogP contribution in [0, 0.1) is 0 Å². The molecule has 1 fully saturated rings. The zero-order valence-electron chi connectivity index (χ0n) is 9.36. The second-order valence-corrected chi connectivity index (χ2v) is 5.43. The molecule has 0 radical (unpaired) electrons. The Morgan fingerprint density at radius 2 is 2.41 bits per heavy atom. The average molecular weight is 250 g/mol. The van der Waals surface area contributed by atoms with Crippen LogP contribution in [0.15, 0.2) is 27.4 Å². The molecule has 0 spiro atoms. The quantitative estimate of drug-likeness (QED) is 0.859. The number of benzene rings is 1. The van der Waals surface area contributed by atoms with Crippen LogP contribution in [0.4, 0.5) is 5.69 Å². The van der Waals surface area contributed by atoms with Crippen molar-refractivity contribution >= 4 is 28.5 Å². The maximum Gasteiger partial charge on any atom is 0.417 e. The third-order valence-corrected chi connectivity index (χ3v) is 4.17. The highest BCUT2D eigenvalue weighted by Gasteiger charge is 2.13. The van der Waals surface area contributed by atoms with Gasteiger partial charge in [-0.2, -0.15) is 11.8 Å². The van der Waals surface area contributed by atoms with Gasteiger partial charge in [-0.3, -0.25) is 4.98 Å². The van der Waals surface area contributed by atoms with Gasteiger partial charge in [0.15, 0.2) is 5.58 Å². The summed E-state index contributed by atoms with van der Waals surface area (Å²) in [6.07, 6.45) is 2.49. The highest BCUT2D eigenvalue weighted by Crippen LogP contribution is 2.22. The van der Waals surface area contributed by atoms with Gasteiger partial charge in [0.1, 0.15) is 0 Å². The van der Waals surface area contributed by atoms with E-state index < -0.39 is 5.76 Å². The van der Waals surface area contributed by atoms with Crippen molar-refractivity contribution < 1.29 is 4.42 Å². The van der Waals surface area contributed by atoms with Gasteiger partial charge in [-0.1, -0.05) is 0 Å². The minimum absolute atomic E-state index is 0.398. The van der Waals surface area contributed by atoms with E-state index in [0.29, 0.717) is 11.6 Å². The molecule has 1 aromatic heterocycles. The lowest BCUT2D eigenvalue weighted by atomic mass is 10.1. The number of nitrogens with one attached hydrogen (secondary N) is 2. The summed E-state index contributed by atoms with van der Waals surface area (Å²) in [5.74, 6) is 2.03. The summed E-state index contributed by atoms with van der Waals surface area (Å²) in [6.45, 7) is 0. The normalized spacial score (nSPS) is 20.6. The molecular formula is C12H14N2O2S. The Labute approximate surface area is 103 Å². The summed E-state index contributed by atoms with van der Waals surface area (Å²) >= 11 is 1.99. The first kappa shape index (κ1) is 10.8. The monoisotopic (exact) mass is 250 g/mol. The largest absolute Gasteiger partial charge is 0.417 e. The standard InChI is InChI=1S/C12H14N2O2S/c15-12-14-10-6-8(3-4-11(10)16-12)13-9-2-1-5-17-7-9/h3-4,6,9,13H,1-2,5,7H2,(H,14,15). The molecule has 3 rings (SSSR count). The first-order chi connectivity index (χ1) is 8.31. The summed E-state index contributed by atoms with van der Waals surface area (Å²) in [6, 6.07) is 6.24. The topological polar surface area (TPSA) is 58.0 Å². The van der Waals surface area contributed by atoms with E-state index in [9.17, 15) is 4.79 Å². The van der Waals surface area contributed by atoms with E-state index in [0.717, 1.165) is 17.0 Å². The molecule has 0 bridgehead atoms. The van der Waals surface area contributed by atoms with Crippen LogP contribution in [0.2, 0.25) is 0 Å². The van der Waals surface area contributed by atoms with Crippen LogP contribution in [-0.2, 0) is 0 Å². The van der Waals surface area contributed by atoms with Crippen molar-refractivity contribution in [3.8, 4) is 0 Å². The molecule has 1 aliphatic heterocycles. The summed E-state index contributed by atoms with van der Waals surface area (Å²) in [4.78, 5) is 13.7. The minimum Gasteiger partial charge on any atom is -0.408 e. The molecule has 0 aliphatic carbocycles. The zero-order valence-corrected chi connectivity index (χ0v) is 10.2. The Balaban J connectivity index is 1.82. The van der Waals surface area contributed by atoms with Crippen LogP contribution in [0.25, 0.3) is 11.1 Å². The third kappa shape index (κ3) is 2.34. The van der Waals surface area contributed by atoms with E-state index in [1.54, 1.807) is 0 Å². The summed E-state index contributed by atoms with van der Waals surface area (Å²) in [5.41, 5.74) is 2.41. The fourth-order valence-corrected chi connectivity index (χ4v) is 3.20. The lowest BCUT2D eigenvalue weighted by Gasteiger charge is -2.23. The summed E-state index contributed by atoms with van der Waals surface area (Å²) in [5, 5.41) is 3.50. The van der Waals surface area contributed by atoms with Gasteiger partial charge in [0, 0.05) is 17.5 Å². The van der Waals surface area contributed by atoms with Crippen molar-refractivity contribution in [2.45, 2.75) is 18.9 Å². The van der Waals surface area contributed by atoms with Crippen LogP contribution in [0.5, 0.6) is 0 Å². The number of oxazole rings is 1. The SMILES string of the molecule is O=c1[nH]c2cc(NC3CCCSC3)ccc2o1. The van der Waals surface area contributed by atoms with Crippen molar-refractivity contribution in [1.29, 1.82) is 0 Å². The lowest BCUT2D eigenvalue weighted by Crippen LogP contribution is -2.25. The fraction of sp³-hybridized carbons (Fsp3) is 0.417. The first-order valence-electron chi connectivity index (χ1n) is 5.78. The highest BCUT2D eigenvalue weighted by atomic mass is 32.2. The van der Waals surface area contributed by atoms with E-state index in [1.165, 1.54) is 18.6 Å². The zero-order chi connectivity index (χ0) is 11.7. The van der Waals surface area contributed by atoms with E-state index in [2.05, 4.69) is 10.3 Å². The van der Waals surface area contributed by atoms with Gasteiger partial charge < -0.3 is 9.73 Å². The molecule has 1 aromatic carbocycles. The van der Waals surface area contributed by atoms with E-state index in [4.69, 9.17) is 4.42 Å². The number of fused-ring (bicyclic) bond motifs is 1. The van der Waals surface area contributed by atoms with E-state index in [-0.39, 0.29) is 0 Å². The first-order valence-corrected chi connectivity index (χ1v) is 6.94. The fourth-order valence-electron chi connectivity index (χ4n) is 2.13. The molecule has 0 saturated carbocycles. The Bertz CT molecular complexity index is 569. The van der Waals surface area contributed by atoms with Gasteiger partial charge >= 0.3 is 5.76 Å². The number of aromatic amines is 1. The molecule has 2 heterocycles. The molecule has 1 saturated heterocycles. The van der Waals surface area contributed by atoms with Gasteiger partial charge in [-0.05, 0) is 36.8 Å². The number of hydrogen-bond donors (Lipinski definition) is 2. The predicted octanol–water partition coefficient (Wildman–Crippen LogP) is 2.43. The summed E-state index contributed by atoms with van der Waals surface area (Å²) in [7, 11) is 0. The van der Waals surface area contributed by atoms with Gasteiger partial charge in [-0.15, -0.1) is 0 Å².